The van der Waals surface area contributed by atoms with E-state index in [1.165, 1.54) is 148 Å². The van der Waals surface area contributed by atoms with Gasteiger partial charge in [-0.3, -0.25) is 37.3 Å². The second-order valence-electron chi connectivity index (χ2n) is 24.8. The minimum absolute atomic E-state index is 0.103. The molecule has 5 atom stereocenters. The third-order valence-corrected chi connectivity index (χ3v) is 17.1. The van der Waals surface area contributed by atoms with E-state index >= 15 is 0 Å². The van der Waals surface area contributed by atoms with Crippen LogP contribution in [0.4, 0.5) is 0 Å². The summed E-state index contributed by atoms with van der Waals surface area (Å²) in [5.74, 6) is -0.671. The predicted molar refractivity (Wildman–Crippen MR) is 340 cm³/mol. The summed E-state index contributed by atoms with van der Waals surface area (Å²) in [7, 11) is -9.89. The molecule has 0 rings (SSSR count). The predicted octanol–water partition coefficient (Wildman–Crippen LogP) is 18.4. The van der Waals surface area contributed by atoms with Gasteiger partial charge in [0, 0.05) is 25.7 Å². The van der Waals surface area contributed by atoms with Crippen molar-refractivity contribution in [1.29, 1.82) is 0 Å². The largest absolute Gasteiger partial charge is 0.472 e. The van der Waals surface area contributed by atoms with E-state index in [1.807, 2.05) is 0 Å². The Morgan fingerprint density at radius 1 is 0.318 bits per heavy atom. The fraction of sp³-hybridized carbons (Fsp3) is 0.939. The van der Waals surface area contributed by atoms with Crippen LogP contribution < -0.4 is 0 Å². The first-order valence-corrected chi connectivity index (χ1v) is 37.5. The van der Waals surface area contributed by atoms with Gasteiger partial charge in [0.2, 0.25) is 0 Å². The molecular formula is C66H128O17P2. The molecule has 0 amide bonds. The van der Waals surface area contributed by atoms with Gasteiger partial charge in [-0.15, -0.1) is 0 Å². The molecule has 0 aromatic rings. The second-order valence-corrected chi connectivity index (χ2v) is 27.7. The zero-order valence-corrected chi connectivity index (χ0v) is 56.7. The van der Waals surface area contributed by atoms with Gasteiger partial charge in [-0.25, -0.2) is 9.13 Å². The Kier molecular flexibility index (Phi) is 57.1. The number of carbonyl (C=O) groups is 4. The van der Waals surface area contributed by atoms with Crippen molar-refractivity contribution in [3.05, 3.63) is 0 Å². The number of carbonyl (C=O) groups excluding carboxylic acids is 4. The van der Waals surface area contributed by atoms with Crippen LogP contribution in [0.25, 0.3) is 0 Å². The smallest absolute Gasteiger partial charge is 0.462 e. The summed E-state index contributed by atoms with van der Waals surface area (Å²) < 4.78 is 68.1. The Hall–Kier alpha value is -1.94. The Bertz CT molecular complexity index is 1670. The lowest BCUT2D eigenvalue weighted by molar-refractivity contribution is -0.161. The van der Waals surface area contributed by atoms with Crippen molar-refractivity contribution in [3.63, 3.8) is 0 Å². The van der Waals surface area contributed by atoms with E-state index in [2.05, 4.69) is 41.5 Å². The topological polar surface area (TPSA) is 237 Å². The quantitative estimate of drug-likeness (QED) is 0.0222. The molecule has 0 saturated carbocycles. The van der Waals surface area contributed by atoms with Gasteiger partial charge in [0.05, 0.1) is 26.4 Å². The number of unbranched alkanes of at least 4 members (excludes halogenated alkanes) is 35. The molecule has 0 aromatic heterocycles. The van der Waals surface area contributed by atoms with Crippen LogP contribution >= 0.6 is 15.6 Å². The van der Waals surface area contributed by atoms with Crippen LogP contribution in [-0.2, 0) is 65.4 Å². The molecule has 17 nitrogen and oxygen atoms in total. The summed E-state index contributed by atoms with van der Waals surface area (Å²) in [5, 5.41) is 10.5. The molecule has 85 heavy (non-hydrogen) atoms. The lowest BCUT2D eigenvalue weighted by Crippen LogP contribution is -2.30. The van der Waals surface area contributed by atoms with Gasteiger partial charge in [0.1, 0.15) is 19.3 Å². The van der Waals surface area contributed by atoms with Gasteiger partial charge in [-0.05, 0) is 37.5 Å². The lowest BCUT2D eigenvalue weighted by Gasteiger charge is -2.21. The molecule has 2 unspecified atom stereocenters. The van der Waals surface area contributed by atoms with E-state index in [1.54, 1.807) is 0 Å². The lowest BCUT2D eigenvalue weighted by atomic mass is 10.0. The van der Waals surface area contributed by atoms with Crippen LogP contribution in [0.3, 0.4) is 0 Å². The van der Waals surface area contributed by atoms with Crippen molar-refractivity contribution < 1.29 is 80.2 Å². The fourth-order valence-electron chi connectivity index (χ4n) is 9.88. The number of ether oxygens (including phenoxy) is 4. The average molecular weight is 1260 g/mol. The van der Waals surface area contributed by atoms with Crippen molar-refractivity contribution in [2.75, 3.05) is 39.6 Å². The van der Waals surface area contributed by atoms with Crippen LogP contribution in [0, 0.1) is 11.8 Å². The minimum atomic E-state index is -4.95. The molecule has 0 saturated heterocycles. The first kappa shape index (κ1) is 83.1. The van der Waals surface area contributed by atoms with Crippen molar-refractivity contribution in [2.24, 2.45) is 11.8 Å². The Morgan fingerprint density at radius 3 is 0.800 bits per heavy atom. The molecule has 0 spiro atoms. The van der Waals surface area contributed by atoms with E-state index in [0.717, 1.165) is 95.8 Å². The van der Waals surface area contributed by atoms with Gasteiger partial charge in [0.25, 0.3) is 0 Å². The zero-order chi connectivity index (χ0) is 62.9. The van der Waals surface area contributed by atoms with Crippen molar-refractivity contribution in [3.8, 4) is 0 Å². The van der Waals surface area contributed by atoms with E-state index in [9.17, 15) is 43.2 Å². The van der Waals surface area contributed by atoms with E-state index in [0.29, 0.717) is 31.6 Å². The Balaban J connectivity index is 5.24. The SMILES string of the molecule is CCCCCCCCCCCCCCC(=O)OC[C@H](COP(=O)(O)OC[C@@H](O)COP(=O)(O)OC[C@@H](COC(=O)CCCCCCCCCCC)OC(=O)CCCCCCCCCC(C)C)OC(=O)CCCCCCCCCCCCCC(C)C. The van der Waals surface area contributed by atoms with E-state index in [-0.39, 0.29) is 25.7 Å². The third-order valence-electron chi connectivity index (χ3n) is 15.2. The maximum Gasteiger partial charge on any atom is 0.472 e. The van der Waals surface area contributed by atoms with Gasteiger partial charge in [0.15, 0.2) is 12.2 Å². The third kappa shape index (κ3) is 60.7. The van der Waals surface area contributed by atoms with Crippen LogP contribution in [-0.4, -0.2) is 96.7 Å². The second kappa shape index (κ2) is 58.4. The number of hydrogen-bond donors (Lipinski definition) is 3. The molecule has 0 aliphatic heterocycles. The Morgan fingerprint density at radius 2 is 0.541 bits per heavy atom. The molecule has 504 valence electrons. The van der Waals surface area contributed by atoms with Gasteiger partial charge in [-0.2, -0.15) is 0 Å². The summed E-state index contributed by atoms with van der Waals surface area (Å²) in [6.45, 7) is 9.44. The van der Waals surface area contributed by atoms with Gasteiger partial charge < -0.3 is 33.8 Å². The number of rotatable bonds is 65. The number of esters is 4. The zero-order valence-electron chi connectivity index (χ0n) is 54.9. The highest BCUT2D eigenvalue weighted by molar-refractivity contribution is 7.47. The highest BCUT2D eigenvalue weighted by Gasteiger charge is 2.30. The first-order valence-electron chi connectivity index (χ1n) is 34.5. The van der Waals surface area contributed by atoms with Crippen LogP contribution in [0.5, 0.6) is 0 Å². The summed E-state index contributed by atoms with van der Waals surface area (Å²) >= 11 is 0. The molecule has 0 bridgehead atoms. The monoisotopic (exact) mass is 1250 g/mol. The van der Waals surface area contributed by atoms with Crippen LogP contribution in [0.2, 0.25) is 0 Å². The number of aliphatic hydroxyl groups is 1. The molecular weight excluding hydrogens is 1130 g/mol. The molecule has 0 aliphatic rings. The number of aliphatic hydroxyl groups excluding tert-OH is 1. The molecule has 0 radical (unpaired) electrons. The highest BCUT2D eigenvalue weighted by Crippen LogP contribution is 2.45. The van der Waals surface area contributed by atoms with Crippen molar-refractivity contribution in [1.82, 2.24) is 0 Å². The standard InChI is InChI=1S/C66H128O17P2/c1-7-9-11-13-15-17-18-21-25-31-37-43-49-64(69)77-54-61(82-65(70)50-44-38-32-26-22-19-20-24-28-34-40-46-58(3)4)56-80-84(72,73)78-52-60(67)53-79-85(74,75)81-57-62(55-76-63(68)48-42-36-30-23-16-14-12-10-8-2)83-66(71)51-45-39-33-27-29-35-41-47-59(5)6/h58-62,67H,7-57H2,1-6H3,(H,72,73)(H,74,75)/t60-,61-,62-/m1/s1. The van der Waals surface area contributed by atoms with Crippen molar-refractivity contribution >= 4 is 39.5 Å². The molecule has 0 aromatic carbocycles. The summed E-state index contributed by atoms with van der Waals surface area (Å²) in [6.07, 6.45) is 41.7. The van der Waals surface area contributed by atoms with Crippen molar-refractivity contribution in [2.45, 2.75) is 349 Å². The maximum absolute atomic E-state index is 13.0. The van der Waals surface area contributed by atoms with Gasteiger partial charge >= 0.3 is 39.5 Å². The molecule has 0 heterocycles. The highest BCUT2D eigenvalue weighted by atomic mass is 31.2. The van der Waals surface area contributed by atoms with E-state index < -0.39 is 97.5 Å². The molecule has 0 fully saturated rings. The molecule has 3 N–H and O–H groups in total. The maximum atomic E-state index is 13.0. The summed E-state index contributed by atoms with van der Waals surface area (Å²) in [5.41, 5.74) is 0. The normalized spacial score (nSPS) is 14.2. The summed E-state index contributed by atoms with van der Waals surface area (Å²) in [4.78, 5) is 72.3. The average Bonchev–Trinajstić information content (AvgIpc) is 3.50. The first-order chi connectivity index (χ1) is 40.9. The molecule has 0 aliphatic carbocycles. The minimum Gasteiger partial charge on any atom is -0.462 e. The van der Waals surface area contributed by atoms with Gasteiger partial charge in [-0.1, -0.05) is 279 Å². The van der Waals surface area contributed by atoms with Crippen LogP contribution in [0.15, 0.2) is 0 Å². The number of phosphoric acid groups is 2. The van der Waals surface area contributed by atoms with Crippen LogP contribution in [0.1, 0.15) is 330 Å². The summed E-state index contributed by atoms with van der Waals surface area (Å²) in [6, 6.07) is 0. The number of hydrogen-bond acceptors (Lipinski definition) is 15. The van der Waals surface area contributed by atoms with E-state index in [4.69, 9.17) is 37.0 Å². The Labute approximate surface area is 517 Å². The fourth-order valence-corrected chi connectivity index (χ4v) is 11.5. The molecule has 19 heteroatoms. The number of phosphoric ester groups is 2.